The third-order valence-electron chi connectivity index (χ3n) is 8.39. The summed E-state index contributed by atoms with van der Waals surface area (Å²) in [5.41, 5.74) is 3.92. The van der Waals surface area contributed by atoms with Gasteiger partial charge < -0.3 is 30.1 Å². The standard InChI is InChI=1S/C33H36ClN9O3/c1-20(27-6-5-7-28(39-27)42-14-12-41(3)13-15-42)37-31(44)21(2)43-19-23-9-8-22(16-25(23)32(43)45)30-26(34)18-36-33(40-30)38-24-10-11-29(46-4)35-17-24/h5-11,16-18,20-21H,12-15,19H2,1-4H3,(H,37,44)(H,36,38,40)/t20-,21-/m1/s1. The number of carbonyl (C=O) groups is 2. The van der Waals surface area contributed by atoms with Gasteiger partial charge in [-0.05, 0) is 50.7 Å². The van der Waals surface area contributed by atoms with Crippen LogP contribution in [0.3, 0.4) is 0 Å². The highest BCUT2D eigenvalue weighted by atomic mass is 35.5. The van der Waals surface area contributed by atoms with Gasteiger partial charge in [-0.25, -0.2) is 19.9 Å². The second-order valence-electron chi connectivity index (χ2n) is 11.5. The highest BCUT2D eigenvalue weighted by molar-refractivity contribution is 6.33. The van der Waals surface area contributed by atoms with Crippen LogP contribution in [0.25, 0.3) is 11.3 Å². The number of ether oxygens (including phenoxy) is 1. The fourth-order valence-corrected chi connectivity index (χ4v) is 5.76. The number of nitrogens with one attached hydrogen (secondary N) is 2. The number of hydrogen-bond acceptors (Lipinski definition) is 10. The van der Waals surface area contributed by atoms with Crippen molar-refractivity contribution in [1.29, 1.82) is 0 Å². The van der Waals surface area contributed by atoms with Gasteiger partial charge in [0.1, 0.15) is 11.9 Å². The van der Waals surface area contributed by atoms with Crippen molar-refractivity contribution >= 4 is 40.9 Å². The van der Waals surface area contributed by atoms with Crippen molar-refractivity contribution < 1.29 is 14.3 Å². The summed E-state index contributed by atoms with van der Waals surface area (Å²) in [6, 6.07) is 13.9. The van der Waals surface area contributed by atoms with E-state index in [-0.39, 0.29) is 17.9 Å². The molecule has 2 aliphatic rings. The smallest absolute Gasteiger partial charge is 0.255 e. The van der Waals surface area contributed by atoms with Gasteiger partial charge in [0.15, 0.2) is 0 Å². The van der Waals surface area contributed by atoms with Gasteiger partial charge in [-0.3, -0.25) is 9.59 Å². The molecule has 46 heavy (non-hydrogen) atoms. The van der Waals surface area contributed by atoms with Crippen LogP contribution >= 0.6 is 11.6 Å². The van der Waals surface area contributed by atoms with Gasteiger partial charge >= 0.3 is 0 Å². The third kappa shape index (κ3) is 6.58. The van der Waals surface area contributed by atoms with Crippen molar-refractivity contribution in [3.63, 3.8) is 0 Å². The Morgan fingerprint density at radius 2 is 1.80 bits per heavy atom. The predicted octanol–water partition coefficient (Wildman–Crippen LogP) is 4.31. The summed E-state index contributed by atoms with van der Waals surface area (Å²) in [6.07, 6.45) is 3.12. The lowest BCUT2D eigenvalue weighted by Gasteiger charge is -2.33. The third-order valence-corrected chi connectivity index (χ3v) is 8.67. The summed E-state index contributed by atoms with van der Waals surface area (Å²) < 4.78 is 5.11. The van der Waals surface area contributed by atoms with Crippen molar-refractivity contribution in [3.8, 4) is 17.1 Å². The molecule has 1 aromatic carbocycles. The van der Waals surface area contributed by atoms with Gasteiger partial charge in [0.05, 0.1) is 47.6 Å². The number of hydrogen-bond donors (Lipinski definition) is 2. The Kier molecular flexibility index (Phi) is 9.00. The predicted molar refractivity (Wildman–Crippen MR) is 176 cm³/mol. The number of methoxy groups -OCH3 is 1. The molecule has 0 radical (unpaired) electrons. The van der Waals surface area contributed by atoms with Gasteiger partial charge in [-0.2, -0.15) is 0 Å². The maximum Gasteiger partial charge on any atom is 0.255 e. The number of likely N-dealkylation sites (N-methyl/N-ethyl adjacent to an activating group) is 1. The normalized spacial score (nSPS) is 16.2. The molecule has 2 amide bonds. The van der Waals surface area contributed by atoms with Crippen LogP contribution in [0.5, 0.6) is 5.88 Å². The van der Waals surface area contributed by atoms with Crippen LogP contribution in [0.15, 0.2) is 60.9 Å². The summed E-state index contributed by atoms with van der Waals surface area (Å²) in [6.45, 7) is 7.76. The fourth-order valence-electron chi connectivity index (χ4n) is 5.56. The van der Waals surface area contributed by atoms with E-state index in [1.54, 1.807) is 43.3 Å². The number of fused-ring (bicyclic) bond motifs is 1. The molecule has 0 unspecified atom stereocenters. The Labute approximate surface area is 272 Å². The number of nitrogens with zero attached hydrogens (tertiary/aromatic N) is 7. The number of halogens is 1. The van der Waals surface area contributed by atoms with E-state index in [4.69, 9.17) is 21.3 Å². The summed E-state index contributed by atoms with van der Waals surface area (Å²) in [5, 5.41) is 6.51. The van der Waals surface area contributed by atoms with Gasteiger partial charge in [-0.1, -0.05) is 29.8 Å². The van der Waals surface area contributed by atoms with Crippen molar-refractivity contribution in [2.45, 2.75) is 32.5 Å². The maximum atomic E-state index is 13.6. The molecule has 2 aliphatic heterocycles. The quantitative estimate of drug-likeness (QED) is 0.273. The highest BCUT2D eigenvalue weighted by Gasteiger charge is 2.35. The van der Waals surface area contributed by atoms with Crippen LogP contribution in [0.4, 0.5) is 17.5 Å². The number of benzene rings is 1. The van der Waals surface area contributed by atoms with Crippen molar-refractivity contribution in [2.75, 3.05) is 50.6 Å². The van der Waals surface area contributed by atoms with E-state index in [0.717, 1.165) is 43.3 Å². The van der Waals surface area contributed by atoms with Gasteiger partial charge in [-0.15, -0.1) is 0 Å². The molecule has 13 heteroatoms. The number of piperazine rings is 1. The number of pyridine rings is 2. The zero-order valence-corrected chi connectivity index (χ0v) is 27.0. The molecule has 6 rings (SSSR count). The molecule has 0 saturated carbocycles. The van der Waals surface area contributed by atoms with E-state index in [2.05, 4.69) is 42.4 Å². The Balaban J connectivity index is 1.13. The Morgan fingerprint density at radius 3 is 2.54 bits per heavy atom. The largest absolute Gasteiger partial charge is 0.481 e. The molecule has 2 N–H and O–H groups in total. The molecule has 0 aliphatic carbocycles. The lowest BCUT2D eigenvalue weighted by atomic mass is 10.0. The van der Waals surface area contributed by atoms with E-state index < -0.39 is 6.04 Å². The number of amides is 2. The Bertz CT molecular complexity index is 1750. The number of carbonyl (C=O) groups excluding carboxylic acids is 2. The van der Waals surface area contributed by atoms with Crippen LogP contribution in [-0.4, -0.2) is 87.9 Å². The zero-order valence-electron chi connectivity index (χ0n) is 26.2. The molecular formula is C33H36ClN9O3. The number of anilines is 3. The summed E-state index contributed by atoms with van der Waals surface area (Å²) >= 11 is 6.50. The maximum absolute atomic E-state index is 13.6. The van der Waals surface area contributed by atoms with E-state index >= 15 is 0 Å². The van der Waals surface area contributed by atoms with Crippen LogP contribution in [0.1, 0.15) is 41.5 Å². The van der Waals surface area contributed by atoms with E-state index in [9.17, 15) is 9.59 Å². The molecule has 5 heterocycles. The molecule has 238 valence electrons. The SMILES string of the molecule is COc1ccc(Nc2ncc(Cl)c(-c3ccc4c(c3)C(=O)N([C@H](C)C(=O)N[C@H](C)c3cccc(N5CCN(C)CC5)n3)C4)n2)cn1. The van der Waals surface area contributed by atoms with Gasteiger partial charge in [0, 0.05) is 49.9 Å². The van der Waals surface area contributed by atoms with Gasteiger partial charge in [0.2, 0.25) is 17.7 Å². The first-order valence-corrected chi connectivity index (χ1v) is 15.5. The number of aromatic nitrogens is 4. The average Bonchev–Trinajstić information content (AvgIpc) is 3.41. The highest BCUT2D eigenvalue weighted by Crippen LogP contribution is 2.33. The first-order valence-electron chi connectivity index (χ1n) is 15.1. The van der Waals surface area contributed by atoms with Crippen molar-refractivity contribution in [3.05, 3.63) is 82.8 Å². The van der Waals surface area contributed by atoms with Crippen molar-refractivity contribution in [1.82, 2.24) is 35.1 Å². The summed E-state index contributed by atoms with van der Waals surface area (Å²) in [5.74, 6) is 1.25. The van der Waals surface area contributed by atoms with Crippen LogP contribution in [0, 0.1) is 0 Å². The Morgan fingerprint density at radius 1 is 1.00 bits per heavy atom. The number of rotatable bonds is 9. The van der Waals surface area contributed by atoms with Crippen LogP contribution < -0.4 is 20.3 Å². The second-order valence-corrected chi connectivity index (χ2v) is 11.9. The molecular weight excluding hydrogens is 606 g/mol. The molecule has 0 bridgehead atoms. The molecule has 1 saturated heterocycles. The molecule has 3 aromatic heterocycles. The van der Waals surface area contributed by atoms with E-state index in [0.29, 0.717) is 45.9 Å². The van der Waals surface area contributed by atoms with Crippen LogP contribution in [0.2, 0.25) is 5.02 Å². The lowest BCUT2D eigenvalue weighted by Crippen LogP contribution is -2.46. The van der Waals surface area contributed by atoms with Gasteiger partial charge in [0.25, 0.3) is 5.91 Å². The van der Waals surface area contributed by atoms with E-state index in [1.807, 2.05) is 37.3 Å². The summed E-state index contributed by atoms with van der Waals surface area (Å²) in [4.78, 5) is 51.0. The first kappa shape index (κ1) is 31.2. The zero-order chi connectivity index (χ0) is 32.4. The lowest BCUT2D eigenvalue weighted by molar-refractivity contribution is -0.125. The molecule has 1 fully saturated rings. The van der Waals surface area contributed by atoms with E-state index in [1.165, 1.54) is 6.20 Å². The van der Waals surface area contributed by atoms with Crippen LogP contribution in [-0.2, 0) is 11.3 Å². The van der Waals surface area contributed by atoms with Crippen molar-refractivity contribution in [2.24, 2.45) is 0 Å². The average molecular weight is 642 g/mol. The molecule has 2 atom stereocenters. The molecule has 0 spiro atoms. The molecule has 12 nitrogen and oxygen atoms in total. The minimum absolute atomic E-state index is 0.227. The monoisotopic (exact) mass is 641 g/mol. The molecule has 4 aromatic rings. The minimum Gasteiger partial charge on any atom is -0.481 e. The minimum atomic E-state index is -0.692. The first-order chi connectivity index (χ1) is 22.2. The topological polar surface area (TPSA) is 129 Å². The summed E-state index contributed by atoms with van der Waals surface area (Å²) in [7, 11) is 3.67. The Hall–Kier alpha value is -4.81. The second kappa shape index (κ2) is 13.3. The fraction of sp³-hybridized carbons (Fsp3) is 0.333.